The minimum absolute atomic E-state index is 0.126. The first-order chi connectivity index (χ1) is 12.1. The molecule has 3 rings (SSSR count). The number of halogens is 1. The minimum Gasteiger partial charge on any atom is -0.508 e. The second kappa shape index (κ2) is 7.59. The van der Waals surface area contributed by atoms with Crippen molar-refractivity contribution in [2.75, 3.05) is 6.54 Å². The maximum Gasteiger partial charge on any atom is 0.267 e. The van der Waals surface area contributed by atoms with Gasteiger partial charge in [-0.25, -0.2) is 4.99 Å². The molecule has 0 bridgehead atoms. The number of carbonyl (C=O) groups excluding carboxylic acids is 1. The standard InChI is InChI=1S/C19H15ClN2O2S/c1-2-9-22-18(24)17(11-13-5-3-6-14(20)10-13)25-19(22)21-15-7-4-8-16(23)12-15/h2-8,10-12,23H,1,9H2/b17-11-,21-19?. The second-order valence-electron chi connectivity index (χ2n) is 5.28. The number of hydrogen-bond donors (Lipinski definition) is 1. The van der Waals surface area contributed by atoms with Crippen molar-refractivity contribution >= 4 is 46.2 Å². The lowest BCUT2D eigenvalue weighted by Gasteiger charge is -2.12. The highest BCUT2D eigenvalue weighted by Gasteiger charge is 2.32. The molecule has 1 N–H and O–H groups in total. The van der Waals surface area contributed by atoms with Crippen LogP contribution in [0.25, 0.3) is 6.08 Å². The van der Waals surface area contributed by atoms with Gasteiger partial charge in [0.15, 0.2) is 5.17 Å². The van der Waals surface area contributed by atoms with Crippen LogP contribution in [0.4, 0.5) is 5.69 Å². The Morgan fingerprint density at radius 1 is 1.24 bits per heavy atom. The number of benzene rings is 2. The summed E-state index contributed by atoms with van der Waals surface area (Å²) < 4.78 is 0. The summed E-state index contributed by atoms with van der Waals surface area (Å²) in [5.41, 5.74) is 1.42. The first-order valence-corrected chi connectivity index (χ1v) is 8.72. The number of hydrogen-bond acceptors (Lipinski definition) is 4. The molecular weight excluding hydrogens is 356 g/mol. The molecule has 1 heterocycles. The van der Waals surface area contributed by atoms with Gasteiger partial charge in [-0.1, -0.05) is 35.9 Å². The van der Waals surface area contributed by atoms with E-state index in [0.29, 0.717) is 27.3 Å². The molecule has 25 heavy (non-hydrogen) atoms. The highest BCUT2D eigenvalue weighted by Crippen LogP contribution is 2.34. The smallest absolute Gasteiger partial charge is 0.267 e. The van der Waals surface area contributed by atoms with E-state index in [1.54, 1.807) is 53.5 Å². The van der Waals surface area contributed by atoms with Gasteiger partial charge < -0.3 is 5.11 Å². The second-order valence-corrected chi connectivity index (χ2v) is 6.73. The average molecular weight is 371 g/mol. The third-order valence-electron chi connectivity index (χ3n) is 3.40. The molecular formula is C19H15ClN2O2S. The molecule has 6 heteroatoms. The summed E-state index contributed by atoms with van der Waals surface area (Å²) in [6.45, 7) is 4.06. The number of carbonyl (C=O) groups is 1. The number of phenols is 1. The van der Waals surface area contributed by atoms with Crippen LogP contribution in [0.3, 0.4) is 0 Å². The summed E-state index contributed by atoms with van der Waals surface area (Å²) in [4.78, 5) is 19.3. The van der Waals surface area contributed by atoms with E-state index < -0.39 is 0 Å². The van der Waals surface area contributed by atoms with Gasteiger partial charge >= 0.3 is 0 Å². The Morgan fingerprint density at radius 3 is 2.76 bits per heavy atom. The molecule has 0 unspecified atom stereocenters. The fourth-order valence-electron chi connectivity index (χ4n) is 2.30. The molecule has 0 saturated carbocycles. The topological polar surface area (TPSA) is 52.9 Å². The first-order valence-electron chi connectivity index (χ1n) is 7.52. The van der Waals surface area contributed by atoms with Crippen molar-refractivity contribution in [3.63, 3.8) is 0 Å². The Bertz CT molecular complexity index is 892. The molecule has 0 radical (unpaired) electrons. The van der Waals surface area contributed by atoms with Gasteiger partial charge in [0.25, 0.3) is 5.91 Å². The number of nitrogens with zero attached hydrogens (tertiary/aromatic N) is 2. The number of rotatable bonds is 4. The molecule has 126 valence electrons. The van der Waals surface area contributed by atoms with E-state index >= 15 is 0 Å². The largest absolute Gasteiger partial charge is 0.508 e. The van der Waals surface area contributed by atoms with E-state index in [9.17, 15) is 9.90 Å². The number of aromatic hydroxyl groups is 1. The summed E-state index contributed by atoms with van der Waals surface area (Å²) in [6, 6.07) is 13.9. The summed E-state index contributed by atoms with van der Waals surface area (Å²) in [5, 5.41) is 10.7. The SMILES string of the molecule is C=CCN1C(=O)/C(=C/c2cccc(Cl)c2)SC1=Nc1cccc(O)c1. The van der Waals surface area contributed by atoms with Crippen molar-refractivity contribution in [3.8, 4) is 5.75 Å². The summed E-state index contributed by atoms with van der Waals surface area (Å²) in [7, 11) is 0. The van der Waals surface area contributed by atoms with Crippen LogP contribution < -0.4 is 0 Å². The van der Waals surface area contributed by atoms with E-state index in [0.717, 1.165) is 5.56 Å². The molecule has 1 fully saturated rings. The Balaban J connectivity index is 1.96. The predicted octanol–water partition coefficient (Wildman–Crippen LogP) is 4.84. The molecule has 2 aromatic carbocycles. The molecule has 1 amide bonds. The number of phenolic OH excluding ortho intramolecular Hbond substituents is 1. The number of amides is 1. The molecule has 0 atom stereocenters. The van der Waals surface area contributed by atoms with E-state index in [-0.39, 0.29) is 11.7 Å². The molecule has 0 aromatic heterocycles. The number of thioether (sulfide) groups is 1. The van der Waals surface area contributed by atoms with Crippen molar-refractivity contribution < 1.29 is 9.90 Å². The highest BCUT2D eigenvalue weighted by atomic mass is 35.5. The monoisotopic (exact) mass is 370 g/mol. The van der Waals surface area contributed by atoms with Gasteiger partial charge in [0.1, 0.15) is 5.75 Å². The van der Waals surface area contributed by atoms with Crippen LogP contribution in [-0.4, -0.2) is 27.6 Å². The zero-order valence-corrected chi connectivity index (χ0v) is 14.8. The normalized spacial score (nSPS) is 17.5. The van der Waals surface area contributed by atoms with Gasteiger partial charge in [0.2, 0.25) is 0 Å². The van der Waals surface area contributed by atoms with Gasteiger partial charge in [-0.2, -0.15) is 0 Å². The first kappa shape index (κ1) is 17.3. The number of aliphatic imine (C=N–C) groups is 1. The van der Waals surface area contributed by atoms with Crippen molar-refractivity contribution in [3.05, 3.63) is 76.7 Å². The van der Waals surface area contributed by atoms with Crippen molar-refractivity contribution in [2.45, 2.75) is 0 Å². The third-order valence-corrected chi connectivity index (χ3v) is 4.64. The van der Waals surface area contributed by atoms with E-state index in [1.165, 1.54) is 11.8 Å². The lowest BCUT2D eigenvalue weighted by molar-refractivity contribution is -0.121. The maximum absolute atomic E-state index is 12.7. The van der Waals surface area contributed by atoms with Gasteiger partial charge in [-0.15, -0.1) is 6.58 Å². The predicted molar refractivity (Wildman–Crippen MR) is 104 cm³/mol. The third kappa shape index (κ3) is 4.13. The van der Waals surface area contributed by atoms with Crippen LogP contribution in [-0.2, 0) is 4.79 Å². The van der Waals surface area contributed by atoms with Crippen molar-refractivity contribution in [1.82, 2.24) is 4.90 Å². The van der Waals surface area contributed by atoms with Gasteiger partial charge in [0, 0.05) is 17.6 Å². The maximum atomic E-state index is 12.7. The minimum atomic E-state index is -0.135. The molecule has 4 nitrogen and oxygen atoms in total. The molecule has 1 aliphatic heterocycles. The Morgan fingerprint density at radius 2 is 2.04 bits per heavy atom. The summed E-state index contributed by atoms with van der Waals surface area (Å²) in [6.07, 6.45) is 3.44. The lowest BCUT2D eigenvalue weighted by atomic mass is 10.2. The van der Waals surface area contributed by atoms with Crippen LogP contribution in [0, 0.1) is 0 Å². The molecule has 2 aromatic rings. The molecule has 1 aliphatic rings. The Labute approximate surface area is 155 Å². The highest BCUT2D eigenvalue weighted by molar-refractivity contribution is 8.18. The van der Waals surface area contributed by atoms with Crippen LogP contribution in [0.15, 0.2) is 71.1 Å². The average Bonchev–Trinajstić information content (AvgIpc) is 2.84. The molecule has 0 spiro atoms. The number of amidine groups is 1. The van der Waals surface area contributed by atoms with Crippen molar-refractivity contribution in [2.24, 2.45) is 4.99 Å². The summed E-state index contributed by atoms with van der Waals surface area (Å²) >= 11 is 7.29. The van der Waals surface area contributed by atoms with Gasteiger partial charge in [-0.05, 0) is 47.7 Å². The zero-order valence-electron chi connectivity index (χ0n) is 13.2. The van der Waals surface area contributed by atoms with Gasteiger partial charge in [-0.3, -0.25) is 9.69 Å². The summed E-state index contributed by atoms with van der Waals surface area (Å²) in [5.74, 6) is -0.00934. The van der Waals surface area contributed by atoms with Crippen LogP contribution in [0.5, 0.6) is 5.75 Å². The quantitative estimate of drug-likeness (QED) is 0.619. The Kier molecular flexibility index (Phi) is 5.26. The molecule has 0 aliphatic carbocycles. The van der Waals surface area contributed by atoms with Crippen LogP contribution in [0.1, 0.15) is 5.56 Å². The fourth-order valence-corrected chi connectivity index (χ4v) is 3.51. The van der Waals surface area contributed by atoms with Crippen molar-refractivity contribution in [1.29, 1.82) is 0 Å². The van der Waals surface area contributed by atoms with E-state index in [4.69, 9.17) is 11.6 Å². The van der Waals surface area contributed by atoms with Gasteiger partial charge in [0.05, 0.1) is 10.6 Å². The van der Waals surface area contributed by atoms with Crippen LogP contribution >= 0.6 is 23.4 Å². The van der Waals surface area contributed by atoms with E-state index in [2.05, 4.69) is 11.6 Å². The lowest BCUT2D eigenvalue weighted by Crippen LogP contribution is -2.29. The van der Waals surface area contributed by atoms with Crippen LogP contribution in [0.2, 0.25) is 5.02 Å². The van der Waals surface area contributed by atoms with E-state index in [1.807, 2.05) is 12.1 Å². The Hall–Kier alpha value is -2.50. The molecule has 1 saturated heterocycles. The fraction of sp³-hybridized carbons (Fsp3) is 0.0526. The zero-order chi connectivity index (χ0) is 17.8.